The number of piperidine rings is 1. The number of hydrogen-bond donors (Lipinski definition) is 2. The first-order chi connectivity index (χ1) is 25.2. The highest BCUT2D eigenvalue weighted by molar-refractivity contribution is 5.89. The van der Waals surface area contributed by atoms with Gasteiger partial charge in [0, 0.05) is 48.8 Å². The molecule has 2 amide bonds. The number of nitrogens with one attached hydrogen (secondary N) is 2. The number of aryl methyl sites for hydroxylation is 2. The molecule has 2 heterocycles. The van der Waals surface area contributed by atoms with Gasteiger partial charge in [0.1, 0.15) is 5.75 Å². The van der Waals surface area contributed by atoms with E-state index >= 15 is 4.39 Å². The highest BCUT2D eigenvalue weighted by Crippen LogP contribution is 2.37. The predicted octanol–water partition coefficient (Wildman–Crippen LogP) is 7.93. The Morgan fingerprint density at radius 1 is 0.942 bits per heavy atom. The molecule has 5 rings (SSSR count). The molecule has 1 aliphatic heterocycles. The molecule has 3 aromatic carbocycles. The Morgan fingerprint density at radius 2 is 1.69 bits per heavy atom. The smallest absolute Gasteiger partial charge is 0.418 e. The van der Waals surface area contributed by atoms with Crippen LogP contribution in [0, 0.1) is 19.7 Å². The molecule has 1 aromatic heterocycles. The van der Waals surface area contributed by atoms with E-state index in [0.717, 1.165) is 42.7 Å². The van der Waals surface area contributed by atoms with E-state index in [1.165, 1.54) is 38.6 Å². The number of likely N-dealkylation sites (N-methyl/N-ethyl adjacent to an activating group) is 1. The van der Waals surface area contributed by atoms with E-state index in [-0.39, 0.29) is 29.9 Å². The average Bonchev–Trinajstić information content (AvgIpc) is 3.13. The lowest BCUT2D eigenvalue weighted by molar-refractivity contribution is -0.130. The normalized spacial score (nSPS) is 13.0. The molecule has 0 saturated carbocycles. The van der Waals surface area contributed by atoms with E-state index in [9.17, 15) is 9.59 Å². The summed E-state index contributed by atoms with van der Waals surface area (Å²) in [5, 5.41) is 5.84. The largest absolute Gasteiger partial charge is 0.496 e. The second-order valence-electron chi connectivity index (χ2n) is 12.8. The second kappa shape index (κ2) is 18.3. The van der Waals surface area contributed by atoms with Gasteiger partial charge in [-0.2, -0.15) is 4.98 Å². The number of rotatable bonds is 15. The Kier molecular flexibility index (Phi) is 13.4. The van der Waals surface area contributed by atoms with Crippen molar-refractivity contribution in [3.63, 3.8) is 0 Å². The summed E-state index contributed by atoms with van der Waals surface area (Å²) < 4.78 is 32.4. The SMILES string of the molecule is CCN(CC)C(=O)Cc1ccc(-c2cnc(Nc3ccc(OCCCN4CCCCC4)c(F)c3)nc2OC(=O)Nc2c(C)cccc2C)c(OC)c1. The summed E-state index contributed by atoms with van der Waals surface area (Å²) in [5.41, 5.74) is 4.45. The Bertz CT molecular complexity index is 1820. The molecule has 1 fully saturated rings. The number of nitrogens with zero attached hydrogens (tertiary/aromatic N) is 4. The molecule has 1 saturated heterocycles. The van der Waals surface area contributed by atoms with Crippen molar-refractivity contribution in [1.82, 2.24) is 19.8 Å². The summed E-state index contributed by atoms with van der Waals surface area (Å²) in [6.07, 6.45) is 5.52. The number of likely N-dealkylation sites (tertiary alicyclic amines) is 1. The quantitative estimate of drug-likeness (QED) is 0.119. The minimum Gasteiger partial charge on any atom is -0.496 e. The van der Waals surface area contributed by atoms with Crippen LogP contribution >= 0.6 is 0 Å². The van der Waals surface area contributed by atoms with Crippen molar-refractivity contribution in [2.24, 2.45) is 0 Å². The van der Waals surface area contributed by atoms with Crippen molar-refractivity contribution in [3.8, 4) is 28.5 Å². The van der Waals surface area contributed by atoms with Crippen molar-refractivity contribution in [2.45, 2.75) is 59.8 Å². The highest BCUT2D eigenvalue weighted by atomic mass is 19.1. The van der Waals surface area contributed by atoms with Crippen LogP contribution in [0.25, 0.3) is 11.1 Å². The Balaban J connectivity index is 1.37. The molecule has 0 unspecified atom stereocenters. The number of anilines is 3. The number of para-hydroxylation sites is 1. The fourth-order valence-electron chi connectivity index (χ4n) is 6.32. The van der Waals surface area contributed by atoms with Crippen molar-refractivity contribution in [1.29, 1.82) is 0 Å². The molecular weight excluding hydrogens is 663 g/mol. The first-order valence-electron chi connectivity index (χ1n) is 18.0. The minimum atomic E-state index is -0.753. The maximum absolute atomic E-state index is 15.1. The molecule has 4 aromatic rings. The third-order valence-electron chi connectivity index (χ3n) is 9.19. The van der Waals surface area contributed by atoms with Gasteiger partial charge in [-0.3, -0.25) is 10.1 Å². The summed E-state index contributed by atoms with van der Waals surface area (Å²) in [6.45, 7) is 12.5. The molecule has 12 heteroatoms. The van der Waals surface area contributed by atoms with Crippen LogP contribution in [0.2, 0.25) is 0 Å². The van der Waals surface area contributed by atoms with E-state index in [0.29, 0.717) is 47.9 Å². The molecule has 11 nitrogen and oxygen atoms in total. The zero-order chi connectivity index (χ0) is 37.0. The fourth-order valence-corrected chi connectivity index (χ4v) is 6.32. The van der Waals surface area contributed by atoms with Gasteiger partial charge < -0.3 is 29.3 Å². The van der Waals surface area contributed by atoms with Crippen LogP contribution in [0.1, 0.15) is 56.2 Å². The zero-order valence-corrected chi connectivity index (χ0v) is 30.8. The van der Waals surface area contributed by atoms with E-state index < -0.39 is 11.9 Å². The number of hydrogen-bond acceptors (Lipinski definition) is 9. The predicted molar refractivity (Wildman–Crippen MR) is 201 cm³/mol. The van der Waals surface area contributed by atoms with Gasteiger partial charge in [0.15, 0.2) is 11.6 Å². The van der Waals surface area contributed by atoms with E-state index in [1.54, 1.807) is 29.2 Å². The molecule has 0 atom stereocenters. The maximum Gasteiger partial charge on any atom is 0.418 e. The summed E-state index contributed by atoms with van der Waals surface area (Å²) in [5.74, 6) is 0.127. The van der Waals surface area contributed by atoms with E-state index in [2.05, 4.69) is 25.5 Å². The van der Waals surface area contributed by atoms with Crippen molar-refractivity contribution in [2.75, 3.05) is 57.1 Å². The van der Waals surface area contributed by atoms with Crippen molar-refractivity contribution >= 4 is 29.3 Å². The van der Waals surface area contributed by atoms with Gasteiger partial charge in [-0.05, 0) is 94.9 Å². The van der Waals surface area contributed by atoms with Crippen LogP contribution in [0.5, 0.6) is 17.4 Å². The molecule has 0 radical (unpaired) electrons. The van der Waals surface area contributed by atoms with E-state index in [1.807, 2.05) is 52.0 Å². The van der Waals surface area contributed by atoms with Gasteiger partial charge in [0.05, 0.1) is 25.7 Å². The van der Waals surface area contributed by atoms with Crippen LogP contribution in [0.3, 0.4) is 0 Å². The summed E-state index contributed by atoms with van der Waals surface area (Å²) in [6, 6.07) is 15.6. The van der Waals surface area contributed by atoms with Crippen molar-refractivity contribution < 1.29 is 28.2 Å². The number of halogens is 1. The monoisotopic (exact) mass is 712 g/mol. The number of methoxy groups -OCH3 is 1. The van der Waals surface area contributed by atoms with Gasteiger partial charge in [-0.25, -0.2) is 14.2 Å². The summed E-state index contributed by atoms with van der Waals surface area (Å²) in [4.78, 5) is 39.3. The van der Waals surface area contributed by atoms with Crippen LogP contribution < -0.4 is 24.8 Å². The molecule has 1 aliphatic rings. The maximum atomic E-state index is 15.1. The third kappa shape index (κ3) is 9.97. The first-order valence-corrected chi connectivity index (χ1v) is 18.0. The van der Waals surface area contributed by atoms with Crippen LogP contribution in [-0.4, -0.2) is 78.2 Å². The molecule has 276 valence electrons. The lowest BCUT2D eigenvalue weighted by Crippen LogP contribution is -2.31. The van der Waals surface area contributed by atoms with E-state index in [4.69, 9.17) is 14.2 Å². The Morgan fingerprint density at radius 3 is 2.38 bits per heavy atom. The highest BCUT2D eigenvalue weighted by Gasteiger charge is 2.21. The molecule has 0 bridgehead atoms. The number of carbonyl (C=O) groups is 2. The second-order valence-corrected chi connectivity index (χ2v) is 12.8. The molecule has 2 N–H and O–H groups in total. The third-order valence-corrected chi connectivity index (χ3v) is 9.19. The lowest BCUT2D eigenvalue weighted by Gasteiger charge is -2.26. The number of benzene rings is 3. The Hall–Kier alpha value is -5.23. The molecule has 52 heavy (non-hydrogen) atoms. The standard InChI is InChI=1S/C40H49FN6O5/c1-6-47(7-2)36(48)24-29-15-17-31(35(23-29)50-5)32-26-42-39(45-38(32)52-40(49)44-37-27(3)13-11-14-28(37)4)43-30-16-18-34(33(41)25-30)51-22-12-21-46-19-9-8-10-20-46/h11,13-18,23,25-26H,6-10,12,19-22,24H2,1-5H3,(H,44,49)(H,42,43,45). The topological polar surface area (TPSA) is 118 Å². The van der Waals surface area contributed by atoms with Gasteiger partial charge in [-0.15, -0.1) is 0 Å². The van der Waals surface area contributed by atoms with Crippen LogP contribution in [0.15, 0.2) is 60.8 Å². The molecular formula is C40H49FN6O5. The van der Waals surface area contributed by atoms with Gasteiger partial charge in [0.2, 0.25) is 17.7 Å². The zero-order valence-electron chi connectivity index (χ0n) is 30.8. The fraction of sp³-hybridized carbons (Fsp3) is 0.400. The van der Waals surface area contributed by atoms with Gasteiger partial charge in [-0.1, -0.05) is 36.8 Å². The average molecular weight is 713 g/mol. The Labute approximate surface area is 305 Å². The number of amides is 2. The first kappa shape index (κ1) is 38.0. The summed E-state index contributed by atoms with van der Waals surface area (Å²) in [7, 11) is 1.52. The molecule has 0 aliphatic carbocycles. The van der Waals surface area contributed by atoms with Gasteiger partial charge >= 0.3 is 6.09 Å². The summed E-state index contributed by atoms with van der Waals surface area (Å²) >= 11 is 0. The van der Waals surface area contributed by atoms with Crippen LogP contribution in [-0.2, 0) is 11.2 Å². The van der Waals surface area contributed by atoms with Gasteiger partial charge in [0.25, 0.3) is 0 Å². The van der Waals surface area contributed by atoms with Crippen molar-refractivity contribution in [3.05, 3.63) is 83.3 Å². The minimum absolute atomic E-state index is 0.00893. The molecule has 0 spiro atoms. The van der Waals surface area contributed by atoms with Crippen LogP contribution in [0.4, 0.5) is 26.5 Å². The number of aromatic nitrogens is 2. The lowest BCUT2D eigenvalue weighted by atomic mass is 10.0. The number of carbonyl (C=O) groups excluding carboxylic acids is 2. The number of ether oxygens (including phenoxy) is 3.